The number of rotatable bonds is 6. The summed E-state index contributed by atoms with van der Waals surface area (Å²) in [6.07, 6.45) is 2.87. The molecule has 166 valence electrons. The Morgan fingerprint density at radius 2 is 2.00 bits per heavy atom. The summed E-state index contributed by atoms with van der Waals surface area (Å²) in [5.41, 5.74) is 8.26. The van der Waals surface area contributed by atoms with E-state index in [1.165, 1.54) is 18.5 Å². The maximum absolute atomic E-state index is 14.2. The Balaban J connectivity index is 1.74. The molecule has 0 aliphatic heterocycles. The van der Waals surface area contributed by atoms with Crippen LogP contribution in [0.2, 0.25) is 0 Å². The van der Waals surface area contributed by atoms with Gasteiger partial charge < -0.3 is 10.3 Å². The molecular weight excluding hydrogens is 433 g/mol. The van der Waals surface area contributed by atoms with Gasteiger partial charge in [0, 0.05) is 11.6 Å². The van der Waals surface area contributed by atoms with Crippen molar-refractivity contribution >= 4 is 22.5 Å². The van der Waals surface area contributed by atoms with Gasteiger partial charge in [0.05, 0.1) is 28.9 Å². The lowest BCUT2D eigenvalue weighted by Gasteiger charge is -2.19. The molecule has 3 heterocycles. The van der Waals surface area contributed by atoms with Crippen molar-refractivity contribution in [1.82, 2.24) is 24.9 Å². The molecule has 4 aromatic rings. The number of nitrogens with one attached hydrogen (secondary N) is 1. The number of hydrogen-bond donors (Lipinski definition) is 2. The van der Waals surface area contributed by atoms with Crippen molar-refractivity contribution in [3.63, 3.8) is 0 Å². The molecule has 0 bridgehead atoms. The van der Waals surface area contributed by atoms with Crippen LogP contribution >= 0.6 is 0 Å². The van der Waals surface area contributed by atoms with Gasteiger partial charge in [-0.05, 0) is 32.9 Å². The number of anilines is 2. The van der Waals surface area contributed by atoms with Crippen LogP contribution in [0.4, 0.5) is 15.9 Å². The Morgan fingerprint density at radius 3 is 2.69 bits per heavy atom. The Kier molecular flexibility index (Phi) is 5.74. The fourth-order valence-corrected chi connectivity index (χ4v) is 3.47. The van der Waals surface area contributed by atoms with Crippen LogP contribution in [0.25, 0.3) is 22.9 Å². The van der Waals surface area contributed by atoms with E-state index >= 15 is 0 Å². The zero-order valence-corrected chi connectivity index (χ0v) is 18.6. The molecule has 3 N–H and O–H groups in total. The number of nitrogens with zero attached hydrogens (tertiary/aromatic N) is 5. The van der Waals surface area contributed by atoms with Crippen LogP contribution in [0, 0.1) is 5.82 Å². The average molecular weight is 456 g/mol. The van der Waals surface area contributed by atoms with Crippen molar-refractivity contribution in [2.75, 3.05) is 10.5 Å². The summed E-state index contributed by atoms with van der Waals surface area (Å²) < 4.78 is 35.6. The highest BCUT2D eigenvalue weighted by atomic mass is 32.2. The van der Waals surface area contributed by atoms with Crippen LogP contribution < -0.4 is 10.5 Å². The van der Waals surface area contributed by atoms with E-state index in [2.05, 4.69) is 24.9 Å². The number of aromatic nitrogens is 5. The van der Waals surface area contributed by atoms with E-state index in [4.69, 9.17) is 10.3 Å². The molecule has 0 aliphatic rings. The quantitative estimate of drug-likeness (QED) is 0.455. The minimum Gasteiger partial charge on any atom is -0.394 e. The molecule has 0 radical (unpaired) electrons. The summed E-state index contributed by atoms with van der Waals surface area (Å²) in [7, 11) is -1.43. The van der Waals surface area contributed by atoms with Crippen molar-refractivity contribution in [3.8, 4) is 22.9 Å². The molecule has 1 unspecified atom stereocenters. The molecule has 32 heavy (non-hydrogen) atoms. The van der Waals surface area contributed by atoms with Gasteiger partial charge in [0.15, 0.2) is 11.6 Å². The molecule has 9 nitrogen and oxygen atoms in total. The number of nitrogen functional groups attached to an aromatic ring is 1. The minimum atomic E-state index is -1.43. The van der Waals surface area contributed by atoms with Gasteiger partial charge in [-0.2, -0.15) is 5.10 Å². The van der Waals surface area contributed by atoms with Crippen molar-refractivity contribution < 1.29 is 13.1 Å². The first kappa shape index (κ1) is 21.6. The molecule has 1 aromatic carbocycles. The standard InChI is InChI=1S/C21H22FN7O2S/c1-21(2,3)32(30)28-19-15(23)11-24-20(25-19)17-10-18(16-8-9-31-27-16)29(26-17)12-13-6-4-5-7-14(13)22/h4-11H,12,23H2,1-3H3,(H,24,25,28). The minimum absolute atomic E-state index is 0.170. The van der Waals surface area contributed by atoms with Crippen LogP contribution in [0.3, 0.4) is 0 Å². The Morgan fingerprint density at radius 1 is 1.22 bits per heavy atom. The van der Waals surface area contributed by atoms with Gasteiger partial charge in [0.2, 0.25) is 0 Å². The normalized spacial score (nSPS) is 12.6. The van der Waals surface area contributed by atoms with E-state index in [9.17, 15) is 8.60 Å². The molecule has 0 fully saturated rings. The molecule has 11 heteroatoms. The Labute approximate surface area is 186 Å². The summed E-state index contributed by atoms with van der Waals surface area (Å²) in [4.78, 5) is 8.69. The predicted molar refractivity (Wildman–Crippen MR) is 120 cm³/mol. The van der Waals surface area contributed by atoms with Gasteiger partial charge in [-0.15, -0.1) is 0 Å². The highest BCUT2D eigenvalue weighted by Gasteiger charge is 2.22. The summed E-state index contributed by atoms with van der Waals surface area (Å²) in [6, 6.07) is 9.88. The Hall–Kier alpha value is -3.60. The molecular formula is C21H22FN7O2S. The highest BCUT2D eigenvalue weighted by molar-refractivity contribution is 7.87. The van der Waals surface area contributed by atoms with Gasteiger partial charge in [-0.25, -0.2) is 18.6 Å². The molecule has 1 atom stereocenters. The van der Waals surface area contributed by atoms with Crippen LogP contribution in [-0.2, 0) is 17.5 Å². The summed E-state index contributed by atoms with van der Waals surface area (Å²) >= 11 is 0. The third-order valence-corrected chi connectivity index (χ3v) is 6.04. The molecule has 0 saturated carbocycles. The smallest absolute Gasteiger partial charge is 0.182 e. The average Bonchev–Trinajstić information content (AvgIpc) is 3.40. The Bertz CT molecular complexity index is 1270. The predicted octanol–water partition coefficient (Wildman–Crippen LogP) is 3.64. The number of benzene rings is 1. The SMILES string of the molecule is CC(C)(C)S(=O)Nc1nc(-c2cc(-c3ccon3)n(Cc3ccccc3F)n2)ncc1N. The second kappa shape index (κ2) is 8.50. The van der Waals surface area contributed by atoms with Gasteiger partial charge >= 0.3 is 0 Å². The first-order valence-corrected chi connectivity index (χ1v) is 10.9. The number of halogens is 1. The maximum Gasteiger partial charge on any atom is 0.182 e. The van der Waals surface area contributed by atoms with Crippen molar-refractivity contribution in [2.45, 2.75) is 32.1 Å². The van der Waals surface area contributed by atoms with Crippen molar-refractivity contribution in [2.24, 2.45) is 0 Å². The van der Waals surface area contributed by atoms with E-state index in [1.54, 1.807) is 35.0 Å². The second-order valence-electron chi connectivity index (χ2n) is 8.03. The molecule has 0 amide bonds. The highest BCUT2D eigenvalue weighted by Crippen LogP contribution is 2.27. The first-order valence-electron chi connectivity index (χ1n) is 9.76. The van der Waals surface area contributed by atoms with Gasteiger partial charge in [-0.1, -0.05) is 23.4 Å². The second-order valence-corrected chi connectivity index (χ2v) is 10.00. The first-order chi connectivity index (χ1) is 15.2. The molecule has 4 rings (SSSR count). The summed E-state index contributed by atoms with van der Waals surface area (Å²) in [5, 5.41) is 8.54. The van der Waals surface area contributed by atoms with Crippen molar-refractivity contribution in [1.29, 1.82) is 0 Å². The van der Waals surface area contributed by atoms with Crippen LogP contribution in [0.5, 0.6) is 0 Å². The van der Waals surface area contributed by atoms with E-state index < -0.39 is 15.7 Å². The van der Waals surface area contributed by atoms with E-state index in [1.807, 2.05) is 20.8 Å². The molecule has 0 spiro atoms. The lowest BCUT2D eigenvalue weighted by Crippen LogP contribution is -2.28. The molecule has 3 aromatic heterocycles. The summed E-state index contributed by atoms with van der Waals surface area (Å²) in [5.74, 6) is 0.176. The molecule has 0 aliphatic carbocycles. The number of nitrogens with two attached hydrogens (primary N) is 1. The third-order valence-electron chi connectivity index (χ3n) is 4.55. The van der Waals surface area contributed by atoms with Gasteiger partial charge in [-0.3, -0.25) is 9.40 Å². The lowest BCUT2D eigenvalue weighted by molar-refractivity contribution is 0.421. The van der Waals surface area contributed by atoms with Gasteiger partial charge in [0.25, 0.3) is 0 Å². The van der Waals surface area contributed by atoms with Crippen LogP contribution in [-0.4, -0.2) is 33.9 Å². The fourth-order valence-electron chi connectivity index (χ4n) is 2.82. The molecule has 0 saturated heterocycles. The monoisotopic (exact) mass is 455 g/mol. The zero-order valence-electron chi connectivity index (χ0n) is 17.7. The third kappa shape index (κ3) is 4.52. The zero-order chi connectivity index (χ0) is 22.9. The van der Waals surface area contributed by atoms with E-state index in [-0.39, 0.29) is 29.7 Å². The van der Waals surface area contributed by atoms with E-state index in [0.717, 1.165) is 0 Å². The van der Waals surface area contributed by atoms with Crippen LogP contribution in [0.15, 0.2) is 53.4 Å². The topological polar surface area (TPSA) is 125 Å². The summed E-state index contributed by atoms with van der Waals surface area (Å²) in [6.45, 7) is 5.68. The largest absolute Gasteiger partial charge is 0.394 e. The number of hydrogen-bond acceptors (Lipinski definition) is 7. The van der Waals surface area contributed by atoms with Gasteiger partial charge in [0.1, 0.15) is 34.5 Å². The van der Waals surface area contributed by atoms with E-state index in [0.29, 0.717) is 22.6 Å². The van der Waals surface area contributed by atoms with Crippen LogP contribution in [0.1, 0.15) is 26.3 Å². The maximum atomic E-state index is 14.2. The lowest BCUT2D eigenvalue weighted by atomic mass is 10.2. The fraction of sp³-hybridized carbons (Fsp3) is 0.238. The van der Waals surface area contributed by atoms with Crippen molar-refractivity contribution in [3.05, 3.63) is 60.2 Å².